The van der Waals surface area contributed by atoms with Gasteiger partial charge in [0.15, 0.2) is 12.4 Å². The molecule has 1 aliphatic heterocycles. The van der Waals surface area contributed by atoms with Crippen molar-refractivity contribution in [1.29, 1.82) is 0 Å². The minimum atomic E-state index is -0.197. The van der Waals surface area contributed by atoms with E-state index in [0.29, 0.717) is 28.6 Å². The molecule has 1 heterocycles. The van der Waals surface area contributed by atoms with E-state index in [9.17, 15) is 4.79 Å². The van der Waals surface area contributed by atoms with Crippen LogP contribution in [0.1, 0.15) is 5.56 Å². The van der Waals surface area contributed by atoms with Gasteiger partial charge in [-0.1, -0.05) is 15.9 Å². The number of ether oxygens (including phenoxy) is 2. The van der Waals surface area contributed by atoms with Crippen LogP contribution < -0.4 is 20.5 Å². The highest BCUT2D eigenvalue weighted by Gasteiger charge is 2.18. The number of hydrogen-bond donors (Lipinski definition) is 2. The zero-order chi connectivity index (χ0) is 15.0. The van der Waals surface area contributed by atoms with Gasteiger partial charge in [0.05, 0.1) is 11.4 Å². The number of fused-ring (bicyclic) bond motifs is 1. The molecule has 0 spiro atoms. The lowest BCUT2D eigenvalue weighted by Crippen LogP contribution is -2.25. The van der Waals surface area contributed by atoms with Crippen LogP contribution in [0.2, 0.25) is 0 Å². The first-order valence-electron chi connectivity index (χ1n) is 6.33. The van der Waals surface area contributed by atoms with Gasteiger partial charge in [-0.15, -0.1) is 0 Å². The molecule has 3 N–H and O–H groups in total. The van der Waals surface area contributed by atoms with Gasteiger partial charge in [0.1, 0.15) is 11.5 Å². The van der Waals surface area contributed by atoms with Crippen molar-refractivity contribution in [2.75, 3.05) is 17.7 Å². The predicted octanol–water partition coefficient (Wildman–Crippen LogP) is 3.46. The summed E-state index contributed by atoms with van der Waals surface area (Å²) < 4.78 is 12.1. The molecule has 0 unspecified atom stereocenters. The van der Waals surface area contributed by atoms with Crippen molar-refractivity contribution in [1.82, 2.24) is 0 Å². The molecule has 6 heteroatoms. The molecule has 21 heavy (non-hydrogen) atoms. The number of nitrogens with one attached hydrogen (secondary N) is 1. The number of hydrogen-bond acceptors (Lipinski definition) is 4. The lowest BCUT2D eigenvalue weighted by atomic mass is 10.2. The van der Waals surface area contributed by atoms with Gasteiger partial charge in [-0.25, -0.2) is 0 Å². The van der Waals surface area contributed by atoms with Crippen LogP contribution >= 0.6 is 15.9 Å². The summed E-state index contributed by atoms with van der Waals surface area (Å²) >= 11 is 3.44. The Morgan fingerprint density at radius 2 is 2.14 bits per heavy atom. The summed E-state index contributed by atoms with van der Waals surface area (Å²) in [6, 6.07) is 8.96. The van der Waals surface area contributed by atoms with Crippen molar-refractivity contribution in [2.24, 2.45) is 0 Å². The van der Waals surface area contributed by atoms with Crippen molar-refractivity contribution in [3.05, 3.63) is 40.4 Å². The quantitative estimate of drug-likeness (QED) is 0.815. The number of nitrogen functional groups attached to an aromatic ring is 1. The molecule has 0 aliphatic carbocycles. The number of halogens is 1. The van der Waals surface area contributed by atoms with Crippen molar-refractivity contribution in [2.45, 2.75) is 6.92 Å². The highest BCUT2D eigenvalue weighted by atomic mass is 79.9. The van der Waals surface area contributed by atoms with Gasteiger partial charge in [0, 0.05) is 16.6 Å². The van der Waals surface area contributed by atoms with Crippen LogP contribution in [0.4, 0.5) is 11.4 Å². The molecule has 0 radical (unpaired) electrons. The van der Waals surface area contributed by atoms with Crippen LogP contribution in [0.3, 0.4) is 0 Å². The third-order valence-electron chi connectivity index (χ3n) is 3.10. The highest BCUT2D eigenvalue weighted by molar-refractivity contribution is 9.10. The van der Waals surface area contributed by atoms with Crippen molar-refractivity contribution in [3.63, 3.8) is 0 Å². The average Bonchev–Trinajstić information content (AvgIpc) is 2.44. The van der Waals surface area contributed by atoms with Gasteiger partial charge in [0.2, 0.25) is 0 Å². The molecule has 108 valence electrons. The molecule has 0 fully saturated rings. The molecular formula is C15H13BrN2O3. The van der Waals surface area contributed by atoms with Gasteiger partial charge in [-0.3, -0.25) is 4.79 Å². The fraction of sp³-hybridized carbons (Fsp3) is 0.133. The summed E-state index contributed by atoms with van der Waals surface area (Å²) in [5.74, 6) is 1.50. The number of rotatable bonds is 2. The maximum atomic E-state index is 11.3. The Morgan fingerprint density at radius 1 is 1.33 bits per heavy atom. The highest BCUT2D eigenvalue weighted by Crippen LogP contribution is 2.38. The fourth-order valence-electron chi connectivity index (χ4n) is 2.02. The minimum absolute atomic E-state index is 0.00144. The van der Waals surface area contributed by atoms with Crippen LogP contribution in [0.5, 0.6) is 17.2 Å². The standard InChI is InChI=1S/C15H13BrN2O3/c1-8-4-9(2-3-10(8)16)21-13-6-12-14(5-11(13)17)20-7-15(19)18-12/h2-6H,7,17H2,1H3,(H,18,19). The zero-order valence-electron chi connectivity index (χ0n) is 11.3. The molecule has 0 aromatic heterocycles. The molecule has 0 bridgehead atoms. The van der Waals surface area contributed by atoms with E-state index in [4.69, 9.17) is 15.2 Å². The third-order valence-corrected chi connectivity index (χ3v) is 3.99. The summed E-state index contributed by atoms with van der Waals surface area (Å²) in [6.07, 6.45) is 0. The first-order chi connectivity index (χ1) is 10.0. The maximum absolute atomic E-state index is 11.3. The minimum Gasteiger partial charge on any atom is -0.481 e. The molecule has 0 saturated carbocycles. The first kappa shape index (κ1) is 13.8. The summed E-state index contributed by atoms with van der Waals surface area (Å²) in [5.41, 5.74) is 8.03. The van der Waals surface area contributed by atoms with Gasteiger partial charge in [-0.05, 0) is 30.7 Å². The van der Waals surface area contributed by atoms with Gasteiger partial charge in [0.25, 0.3) is 5.91 Å². The molecule has 2 aromatic carbocycles. The summed E-state index contributed by atoms with van der Waals surface area (Å²) in [4.78, 5) is 11.3. The Hall–Kier alpha value is -2.21. The van der Waals surface area contributed by atoms with E-state index >= 15 is 0 Å². The van der Waals surface area contributed by atoms with Crippen molar-refractivity contribution >= 4 is 33.2 Å². The topological polar surface area (TPSA) is 73.6 Å². The lowest BCUT2D eigenvalue weighted by Gasteiger charge is -2.20. The summed E-state index contributed by atoms with van der Waals surface area (Å²) in [7, 11) is 0. The van der Waals surface area contributed by atoms with Crippen LogP contribution in [0.25, 0.3) is 0 Å². The summed E-state index contributed by atoms with van der Waals surface area (Å²) in [6.45, 7) is 1.97. The molecule has 5 nitrogen and oxygen atoms in total. The largest absolute Gasteiger partial charge is 0.481 e. The number of aryl methyl sites for hydroxylation is 1. The SMILES string of the molecule is Cc1cc(Oc2cc3c(cc2N)OCC(=O)N3)ccc1Br. The second-order valence-corrected chi connectivity index (χ2v) is 5.59. The number of amides is 1. The number of carbonyl (C=O) groups is 1. The number of carbonyl (C=O) groups excluding carboxylic acids is 1. The van der Waals surface area contributed by atoms with E-state index in [1.807, 2.05) is 25.1 Å². The van der Waals surface area contributed by atoms with Crippen LogP contribution in [0, 0.1) is 6.92 Å². The van der Waals surface area contributed by atoms with Crippen LogP contribution in [-0.2, 0) is 4.79 Å². The number of anilines is 2. The molecule has 0 saturated heterocycles. The Bertz CT molecular complexity index is 731. The van der Waals surface area contributed by atoms with E-state index in [-0.39, 0.29) is 12.5 Å². The Labute approximate surface area is 130 Å². The van der Waals surface area contributed by atoms with Crippen LogP contribution in [-0.4, -0.2) is 12.5 Å². The van der Waals surface area contributed by atoms with E-state index < -0.39 is 0 Å². The van der Waals surface area contributed by atoms with E-state index in [2.05, 4.69) is 21.2 Å². The predicted molar refractivity (Wildman–Crippen MR) is 83.9 cm³/mol. The van der Waals surface area contributed by atoms with Crippen molar-refractivity contribution < 1.29 is 14.3 Å². The molecule has 2 aromatic rings. The normalized spacial score (nSPS) is 13.1. The molecule has 1 aliphatic rings. The van der Waals surface area contributed by atoms with Gasteiger partial charge in [-0.2, -0.15) is 0 Å². The fourth-order valence-corrected chi connectivity index (χ4v) is 2.27. The van der Waals surface area contributed by atoms with E-state index in [1.165, 1.54) is 0 Å². The van der Waals surface area contributed by atoms with E-state index in [1.54, 1.807) is 12.1 Å². The Kier molecular flexibility index (Phi) is 3.47. The second kappa shape index (κ2) is 5.29. The molecule has 3 rings (SSSR count). The van der Waals surface area contributed by atoms with Gasteiger partial charge >= 0.3 is 0 Å². The number of benzene rings is 2. The zero-order valence-corrected chi connectivity index (χ0v) is 12.9. The molecule has 0 atom stereocenters. The Balaban J connectivity index is 1.93. The van der Waals surface area contributed by atoms with Crippen LogP contribution in [0.15, 0.2) is 34.8 Å². The number of nitrogens with two attached hydrogens (primary N) is 1. The monoisotopic (exact) mass is 348 g/mol. The summed E-state index contributed by atoms with van der Waals surface area (Å²) in [5, 5.41) is 2.73. The van der Waals surface area contributed by atoms with Gasteiger partial charge < -0.3 is 20.5 Å². The smallest absolute Gasteiger partial charge is 0.262 e. The average molecular weight is 349 g/mol. The Morgan fingerprint density at radius 3 is 2.90 bits per heavy atom. The molecule has 1 amide bonds. The molecular weight excluding hydrogens is 336 g/mol. The second-order valence-electron chi connectivity index (χ2n) is 4.74. The lowest BCUT2D eigenvalue weighted by molar-refractivity contribution is -0.118. The maximum Gasteiger partial charge on any atom is 0.262 e. The van der Waals surface area contributed by atoms with Crippen molar-refractivity contribution in [3.8, 4) is 17.2 Å². The first-order valence-corrected chi connectivity index (χ1v) is 7.12. The van der Waals surface area contributed by atoms with E-state index in [0.717, 1.165) is 10.0 Å². The third kappa shape index (κ3) is 2.80.